The molecule has 3 amide bonds. The molecule has 4 rings (SSSR count). The van der Waals surface area contributed by atoms with Crippen molar-refractivity contribution in [3.63, 3.8) is 0 Å². The Labute approximate surface area is 371 Å². The smallest absolute Gasteiger partial charge is 0.475 e. The van der Waals surface area contributed by atoms with Gasteiger partial charge in [0.25, 0.3) is 17.4 Å². The summed E-state index contributed by atoms with van der Waals surface area (Å²) in [6.45, 7) is 5.20. The molecule has 0 saturated carbocycles. The number of aromatic amines is 1. The van der Waals surface area contributed by atoms with Gasteiger partial charge < -0.3 is 31.5 Å². The molecule has 0 radical (unpaired) electrons. The number of nitrogens with zero attached hydrogens (tertiary/aromatic N) is 3. The Balaban J connectivity index is 1.30. The van der Waals surface area contributed by atoms with Crippen molar-refractivity contribution < 1.29 is 70.1 Å². The van der Waals surface area contributed by atoms with Crippen LogP contribution in [-0.4, -0.2) is 107 Å². The number of hydrogen-bond donors (Lipinski definition) is 7. The summed E-state index contributed by atoms with van der Waals surface area (Å²) in [7, 11) is -8.28. The van der Waals surface area contributed by atoms with Crippen molar-refractivity contribution in [2.45, 2.75) is 59.2 Å². The molecular weight excluding hydrogens is 900 g/mol. The van der Waals surface area contributed by atoms with Crippen LogP contribution < -0.4 is 32.6 Å². The van der Waals surface area contributed by atoms with Crippen LogP contribution in [0.3, 0.4) is 0 Å². The van der Waals surface area contributed by atoms with E-state index >= 15 is 0 Å². The molecule has 4 aromatic rings. The summed E-state index contributed by atoms with van der Waals surface area (Å²) in [5, 5.41) is 20.0. The number of esters is 1. The normalized spacial score (nSPS) is 12.5. The molecule has 0 aliphatic heterocycles. The zero-order valence-corrected chi connectivity index (χ0v) is 37.4. The van der Waals surface area contributed by atoms with Gasteiger partial charge in [-0.1, -0.05) is 12.1 Å². The van der Waals surface area contributed by atoms with E-state index < -0.39 is 89.2 Å². The molecule has 2 aromatic carbocycles. The summed E-state index contributed by atoms with van der Waals surface area (Å²) < 4.78 is 62.5. The van der Waals surface area contributed by atoms with E-state index in [9.17, 15) is 43.0 Å². The highest BCUT2D eigenvalue weighted by Crippen LogP contribution is 2.52. The number of carbonyl (C=O) groups is 5. The van der Waals surface area contributed by atoms with E-state index in [1.54, 1.807) is 39.8 Å². The molecule has 0 spiro atoms. The number of amides is 3. The number of benzene rings is 2. The Morgan fingerprint density at radius 2 is 1.49 bits per heavy atom. The highest BCUT2D eigenvalue weighted by atomic mass is 31.2. The quantitative estimate of drug-likeness (QED) is 0.0264. The number of carboxylic acids is 1. The number of para-hydroxylation sites is 1. The lowest BCUT2D eigenvalue weighted by Crippen LogP contribution is -2.41. The number of anilines is 3. The van der Waals surface area contributed by atoms with Crippen LogP contribution in [0, 0.1) is 0 Å². The predicted octanol–water partition coefficient (Wildman–Crippen LogP) is 4.14. The molecule has 65 heavy (non-hydrogen) atoms. The number of aromatic nitrogens is 4. The number of fused-ring (bicyclic) bond motifs is 1. The number of hydrogen-bond acceptors (Lipinski definition) is 20. The van der Waals surface area contributed by atoms with E-state index in [-0.39, 0.29) is 66.9 Å². The van der Waals surface area contributed by atoms with Gasteiger partial charge >= 0.3 is 33.7 Å². The van der Waals surface area contributed by atoms with Crippen LogP contribution in [-0.2, 0) is 57.1 Å². The van der Waals surface area contributed by atoms with Crippen LogP contribution in [0.25, 0.3) is 11.2 Å². The number of phosphoric ester groups is 2. The Morgan fingerprint density at radius 3 is 2.14 bits per heavy atom. The van der Waals surface area contributed by atoms with Gasteiger partial charge in [-0.25, -0.2) is 28.7 Å². The van der Waals surface area contributed by atoms with Crippen molar-refractivity contribution in [2.75, 3.05) is 55.9 Å². The Morgan fingerprint density at radius 1 is 0.846 bits per heavy atom. The third-order valence-corrected chi connectivity index (χ3v) is 11.6. The maximum Gasteiger partial charge on any atom is 0.475 e. The Kier molecular flexibility index (Phi) is 19.6. The molecule has 2 heterocycles. The molecule has 25 nitrogen and oxygen atoms in total. The molecule has 2 atom stereocenters. The number of aliphatic carboxylic acids is 1. The van der Waals surface area contributed by atoms with E-state index in [2.05, 4.69) is 41.2 Å². The van der Waals surface area contributed by atoms with Gasteiger partial charge in [-0.2, -0.15) is 4.98 Å². The third-order valence-electron chi connectivity index (χ3n) is 8.30. The minimum atomic E-state index is -4.20. The highest BCUT2D eigenvalue weighted by Gasteiger charge is 2.34. The molecule has 352 valence electrons. The lowest BCUT2D eigenvalue weighted by molar-refractivity contribution is -0.140. The fourth-order valence-electron chi connectivity index (χ4n) is 5.46. The van der Waals surface area contributed by atoms with Gasteiger partial charge in [0.05, 0.1) is 62.7 Å². The predicted molar refractivity (Wildman–Crippen MR) is 231 cm³/mol. The van der Waals surface area contributed by atoms with Crippen LogP contribution in [0.5, 0.6) is 0 Å². The van der Waals surface area contributed by atoms with Crippen LogP contribution in [0.15, 0.2) is 59.5 Å². The van der Waals surface area contributed by atoms with Gasteiger partial charge in [-0.05, 0) is 70.5 Å². The molecule has 2 aromatic heterocycles. The number of rotatable bonds is 26. The van der Waals surface area contributed by atoms with E-state index in [1.165, 1.54) is 42.6 Å². The van der Waals surface area contributed by atoms with Crippen molar-refractivity contribution in [1.82, 2.24) is 30.6 Å². The number of H-pyrrole nitrogens is 1. The first-order valence-electron chi connectivity index (χ1n) is 19.9. The van der Waals surface area contributed by atoms with Crippen molar-refractivity contribution >= 4 is 74.0 Å². The lowest BCUT2D eigenvalue weighted by atomic mass is 10.1. The van der Waals surface area contributed by atoms with Gasteiger partial charge in [-0.3, -0.25) is 56.6 Å². The van der Waals surface area contributed by atoms with E-state index in [4.69, 9.17) is 37.6 Å². The first kappa shape index (κ1) is 51.5. The third kappa shape index (κ3) is 16.1. The van der Waals surface area contributed by atoms with Gasteiger partial charge in [0.2, 0.25) is 5.95 Å². The summed E-state index contributed by atoms with van der Waals surface area (Å²) in [4.78, 5) is 90.4. The molecule has 0 aliphatic rings. The van der Waals surface area contributed by atoms with Crippen LogP contribution >= 0.6 is 15.6 Å². The fraction of sp³-hybridized carbons (Fsp3) is 0.395. The van der Waals surface area contributed by atoms with E-state index in [1.807, 2.05) is 0 Å². The maximum absolute atomic E-state index is 13.4. The molecule has 0 saturated heterocycles. The molecule has 1 unspecified atom stereocenters. The Bertz CT molecular complexity index is 2440. The molecule has 0 bridgehead atoms. The summed E-state index contributed by atoms with van der Waals surface area (Å²) in [6.07, 6.45) is -2.27. The fourth-order valence-corrected chi connectivity index (χ4v) is 7.99. The number of nitrogen functional groups attached to an aromatic ring is 1. The van der Waals surface area contributed by atoms with E-state index in [0.29, 0.717) is 11.4 Å². The van der Waals surface area contributed by atoms with Crippen molar-refractivity contribution in [1.29, 1.82) is 0 Å². The number of nitrogens with two attached hydrogens (primary N) is 1. The number of nitrogens with one attached hydrogen (secondary N) is 5. The van der Waals surface area contributed by atoms with Gasteiger partial charge in [-0.15, -0.1) is 0 Å². The first-order chi connectivity index (χ1) is 31.0. The lowest BCUT2D eigenvalue weighted by Gasteiger charge is -2.25. The summed E-state index contributed by atoms with van der Waals surface area (Å²) in [6, 6.07) is 9.99. The summed E-state index contributed by atoms with van der Waals surface area (Å²) >= 11 is 0. The minimum absolute atomic E-state index is 0.00524. The Hall–Kier alpha value is -6.17. The highest BCUT2D eigenvalue weighted by molar-refractivity contribution is 7.48. The molecule has 8 N–H and O–H groups in total. The average Bonchev–Trinajstić information content (AvgIpc) is 3.25. The standard InChI is InChI=1S/C38H49N9O16P2/c1-5-57-64(55,58-6-2)61-22-26(63-65(56,59-7-3)60-8-4)21-42-34(50)27-11-9-10-12-28(27)45-38(54)62-30(48)18-17-29(36(52)53)44-33(49)23-13-15-24(16-14-23)40-19-25-20-41-32-31(43-25)35(51)47-37(39)46-32/h9-16,20,26,29,40H,5-8,17-19,21-22H2,1-4H3,(H,42,50)(H,44,49)(H,45,54)(H,52,53)(H3,39,41,46,47,51)/t26?,29-/m1/s1. The van der Waals surface area contributed by atoms with Crippen LogP contribution in [0.2, 0.25) is 0 Å². The minimum Gasteiger partial charge on any atom is -0.480 e. The monoisotopic (exact) mass is 949 g/mol. The van der Waals surface area contributed by atoms with Gasteiger partial charge in [0, 0.05) is 24.2 Å². The first-order valence-corrected chi connectivity index (χ1v) is 22.8. The van der Waals surface area contributed by atoms with Gasteiger partial charge in [0.15, 0.2) is 11.2 Å². The summed E-state index contributed by atoms with van der Waals surface area (Å²) in [5.74, 6) is -4.27. The largest absolute Gasteiger partial charge is 0.480 e. The van der Waals surface area contributed by atoms with Gasteiger partial charge in [0.1, 0.15) is 12.1 Å². The number of carboxylic acid groups (broad SMARTS) is 1. The second-order valence-corrected chi connectivity index (χ2v) is 16.3. The van der Waals surface area contributed by atoms with Crippen molar-refractivity contribution in [3.05, 3.63) is 81.9 Å². The molecule has 27 heteroatoms. The summed E-state index contributed by atoms with van der Waals surface area (Å²) in [5.41, 5.74) is 5.90. The van der Waals surface area contributed by atoms with E-state index in [0.717, 1.165) is 0 Å². The average molecular weight is 950 g/mol. The molecular formula is C38H49N9O16P2. The van der Waals surface area contributed by atoms with Crippen molar-refractivity contribution in [3.8, 4) is 0 Å². The number of phosphoric acid groups is 2. The second kappa shape index (κ2) is 24.8. The molecule has 0 fully saturated rings. The van der Waals surface area contributed by atoms with Crippen LogP contribution in [0.4, 0.5) is 22.1 Å². The maximum atomic E-state index is 13.4. The second-order valence-electron chi connectivity index (χ2n) is 13.0. The van der Waals surface area contributed by atoms with Crippen molar-refractivity contribution in [2.24, 2.45) is 0 Å². The topological polar surface area (TPSA) is 350 Å². The number of ether oxygens (including phenoxy) is 1. The molecule has 0 aliphatic carbocycles. The SMILES string of the molecule is CCOP(=O)(OCC)OCC(CNC(=O)c1ccccc1NC(=O)OC(=O)CC[C@@H](NC(=O)c1ccc(NCc2cnc3nc(N)[nH]c(=O)c3n2)cc1)C(=O)O)OP(=O)(OCC)OCC. The van der Waals surface area contributed by atoms with Crippen LogP contribution in [0.1, 0.15) is 66.9 Å². The zero-order chi connectivity index (χ0) is 47.6. The number of carbonyl (C=O) groups excluding carboxylic acids is 4. The zero-order valence-electron chi connectivity index (χ0n) is 35.6.